The SMILES string of the molecule is CCN1CC(c2ccccc2)N(CC)CC1c1ccccc1. The van der Waals surface area contributed by atoms with E-state index in [-0.39, 0.29) is 0 Å². The summed E-state index contributed by atoms with van der Waals surface area (Å²) in [6, 6.07) is 22.9. The fourth-order valence-corrected chi connectivity index (χ4v) is 3.61. The molecule has 2 aromatic rings. The van der Waals surface area contributed by atoms with Crippen LogP contribution in [0.3, 0.4) is 0 Å². The van der Waals surface area contributed by atoms with Crippen LogP contribution in [0, 0.1) is 0 Å². The first-order valence-corrected chi connectivity index (χ1v) is 8.41. The molecule has 1 heterocycles. The molecule has 0 spiro atoms. The molecule has 0 radical (unpaired) electrons. The zero-order chi connectivity index (χ0) is 15.4. The predicted molar refractivity (Wildman–Crippen MR) is 92.9 cm³/mol. The Kier molecular flexibility index (Phi) is 4.91. The maximum absolute atomic E-state index is 2.62. The maximum Gasteiger partial charge on any atom is 0.0476 e. The minimum absolute atomic E-state index is 0.506. The van der Waals surface area contributed by atoms with Crippen LogP contribution in [0.5, 0.6) is 0 Å². The van der Waals surface area contributed by atoms with Gasteiger partial charge in [-0.05, 0) is 24.2 Å². The van der Waals surface area contributed by atoms with Gasteiger partial charge >= 0.3 is 0 Å². The molecule has 2 unspecified atom stereocenters. The van der Waals surface area contributed by atoms with Crippen LogP contribution in [0.4, 0.5) is 0 Å². The van der Waals surface area contributed by atoms with Gasteiger partial charge in [0.15, 0.2) is 0 Å². The Morgan fingerprint density at radius 3 is 1.36 bits per heavy atom. The Morgan fingerprint density at radius 1 is 0.682 bits per heavy atom. The molecule has 1 saturated heterocycles. The van der Waals surface area contributed by atoms with Crippen LogP contribution >= 0.6 is 0 Å². The smallest absolute Gasteiger partial charge is 0.0476 e. The first-order valence-electron chi connectivity index (χ1n) is 8.41. The fourth-order valence-electron chi connectivity index (χ4n) is 3.61. The second kappa shape index (κ2) is 7.08. The molecule has 2 atom stereocenters. The summed E-state index contributed by atoms with van der Waals surface area (Å²) in [5, 5.41) is 0. The number of nitrogens with zero attached hydrogens (tertiary/aromatic N) is 2. The molecule has 1 aliphatic rings. The molecule has 2 heteroatoms. The number of hydrogen-bond acceptors (Lipinski definition) is 2. The van der Waals surface area contributed by atoms with Crippen molar-refractivity contribution in [3.05, 3.63) is 71.8 Å². The van der Waals surface area contributed by atoms with Crippen LogP contribution in [-0.4, -0.2) is 36.0 Å². The van der Waals surface area contributed by atoms with Crippen molar-refractivity contribution in [2.45, 2.75) is 25.9 Å². The van der Waals surface area contributed by atoms with Gasteiger partial charge in [0, 0.05) is 25.2 Å². The van der Waals surface area contributed by atoms with E-state index in [0.29, 0.717) is 12.1 Å². The van der Waals surface area contributed by atoms with E-state index in [4.69, 9.17) is 0 Å². The largest absolute Gasteiger partial charge is 0.293 e. The van der Waals surface area contributed by atoms with E-state index >= 15 is 0 Å². The molecule has 0 aromatic heterocycles. The maximum atomic E-state index is 2.62. The van der Waals surface area contributed by atoms with E-state index in [9.17, 15) is 0 Å². The van der Waals surface area contributed by atoms with Gasteiger partial charge in [-0.2, -0.15) is 0 Å². The highest BCUT2D eigenvalue weighted by Gasteiger charge is 2.33. The van der Waals surface area contributed by atoms with Crippen LogP contribution in [0.25, 0.3) is 0 Å². The monoisotopic (exact) mass is 294 g/mol. The van der Waals surface area contributed by atoms with Gasteiger partial charge in [0.1, 0.15) is 0 Å². The molecule has 116 valence electrons. The van der Waals surface area contributed by atoms with Crippen LogP contribution in [0.2, 0.25) is 0 Å². The van der Waals surface area contributed by atoms with Crippen LogP contribution in [0.1, 0.15) is 37.1 Å². The van der Waals surface area contributed by atoms with Crippen molar-refractivity contribution < 1.29 is 0 Å². The summed E-state index contributed by atoms with van der Waals surface area (Å²) in [4.78, 5) is 5.25. The molecular formula is C20H26N2. The van der Waals surface area contributed by atoms with Crippen molar-refractivity contribution in [1.82, 2.24) is 9.80 Å². The van der Waals surface area contributed by atoms with E-state index in [1.54, 1.807) is 0 Å². The van der Waals surface area contributed by atoms with Gasteiger partial charge < -0.3 is 0 Å². The number of benzene rings is 2. The van der Waals surface area contributed by atoms with Crippen LogP contribution < -0.4 is 0 Å². The van der Waals surface area contributed by atoms with E-state index in [0.717, 1.165) is 26.2 Å². The van der Waals surface area contributed by atoms with Gasteiger partial charge in [-0.15, -0.1) is 0 Å². The van der Waals surface area contributed by atoms with E-state index in [1.807, 2.05) is 0 Å². The van der Waals surface area contributed by atoms with Gasteiger partial charge in [-0.25, -0.2) is 0 Å². The van der Waals surface area contributed by atoms with Crippen LogP contribution in [-0.2, 0) is 0 Å². The minimum atomic E-state index is 0.506. The summed E-state index contributed by atoms with van der Waals surface area (Å²) in [6.45, 7) is 8.96. The Hall–Kier alpha value is -1.64. The number of likely N-dealkylation sites (N-methyl/N-ethyl adjacent to an activating group) is 2. The van der Waals surface area contributed by atoms with Crippen molar-refractivity contribution in [2.75, 3.05) is 26.2 Å². The first kappa shape index (κ1) is 15.3. The number of rotatable bonds is 4. The Morgan fingerprint density at radius 2 is 1.05 bits per heavy atom. The summed E-state index contributed by atoms with van der Waals surface area (Å²) < 4.78 is 0. The summed E-state index contributed by atoms with van der Waals surface area (Å²) in [5.74, 6) is 0. The van der Waals surface area contributed by atoms with Gasteiger partial charge in [-0.1, -0.05) is 74.5 Å². The lowest BCUT2D eigenvalue weighted by molar-refractivity contribution is 0.0329. The molecule has 0 amide bonds. The third-order valence-corrected chi connectivity index (χ3v) is 4.88. The summed E-state index contributed by atoms with van der Waals surface area (Å²) in [5.41, 5.74) is 2.88. The zero-order valence-electron chi connectivity index (χ0n) is 13.7. The van der Waals surface area contributed by atoms with Crippen molar-refractivity contribution in [3.8, 4) is 0 Å². The predicted octanol–water partition coefficient (Wildman–Crippen LogP) is 4.13. The average Bonchev–Trinajstić information content (AvgIpc) is 2.62. The highest BCUT2D eigenvalue weighted by molar-refractivity contribution is 5.24. The van der Waals surface area contributed by atoms with Crippen molar-refractivity contribution in [2.24, 2.45) is 0 Å². The van der Waals surface area contributed by atoms with Crippen molar-refractivity contribution >= 4 is 0 Å². The topological polar surface area (TPSA) is 6.48 Å². The molecule has 2 aromatic carbocycles. The molecule has 0 bridgehead atoms. The molecule has 2 nitrogen and oxygen atoms in total. The second-order valence-corrected chi connectivity index (χ2v) is 6.03. The first-order chi connectivity index (χ1) is 10.8. The lowest BCUT2D eigenvalue weighted by atomic mass is 9.95. The lowest BCUT2D eigenvalue weighted by Crippen LogP contribution is -2.49. The normalized spacial score (nSPS) is 23.5. The standard InChI is InChI=1S/C20H26N2/c1-3-21-15-20(18-13-9-6-10-14-18)22(4-2)16-19(21)17-11-7-5-8-12-17/h5-14,19-20H,3-4,15-16H2,1-2H3. The molecule has 3 rings (SSSR count). The second-order valence-electron chi connectivity index (χ2n) is 6.03. The summed E-state index contributed by atoms with van der Waals surface area (Å²) in [6.07, 6.45) is 0. The molecule has 1 fully saturated rings. The highest BCUT2D eigenvalue weighted by Crippen LogP contribution is 2.34. The molecular weight excluding hydrogens is 268 g/mol. The van der Waals surface area contributed by atoms with Crippen LogP contribution in [0.15, 0.2) is 60.7 Å². The molecule has 22 heavy (non-hydrogen) atoms. The zero-order valence-corrected chi connectivity index (χ0v) is 13.7. The van der Waals surface area contributed by atoms with Gasteiger partial charge in [0.25, 0.3) is 0 Å². The Labute approximate surface area is 134 Å². The Bertz CT molecular complexity index is 513. The third-order valence-electron chi connectivity index (χ3n) is 4.88. The molecule has 0 saturated carbocycles. The average molecular weight is 294 g/mol. The minimum Gasteiger partial charge on any atom is -0.293 e. The highest BCUT2D eigenvalue weighted by atomic mass is 15.3. The fraction of sp³-hybridized carbons (Fsp3) is 0.400. The van der Waals surface area contributed by atoms with Crippen molar-refractivity contribution in [3.63, 3.8) is 0 Å². The molecule has 0 aliphatic carbocycles. The van der Waals surface area contributed by atoms with E-state index in [1.165, 1.54) is 11.1 Å². The van der Waals surface area contributed by atoms with Gasteiger partial charge in [0.2, 0.25) is 0 Å². The summed E-state index contributed by atoms with van der Waals surface area (Å²) >= 11 is 0. The quantitative estimate of drug-likeness (QED) is 0.836. The van der Waals surface area contributed by atoms with Gasteiger partial charge in [0.05, 0.1) is 0 Å². The lowest BCUT2D eigenvalue weighted by Gasteiger charge is -2.46. The number of hydrogen-bond donors (Lipinski definition) is 0. The van der Waals surface area contributed by atoms with E-state index < -0.39 is 0 Å². The molecule has 1 aliphatic heterocycles. The Balaban J connectivity index is 1.87. The molecule has 0 N–H and O–H groups in total. The summed E-state index contributed by atoms with van der Waals surface area (Å²) in [7, 11) is 0. The van der Waals surface area contributed by atoms with Gasteiger partial charge in [-0.3, -0.25) is 9.80 Å². The third kappa shape index (κ3) is 3.08. The van der Waals surface area contributed by atoms with Crippen molar-refractivity contribution in [1.29, 1.82) is 0 Å². The number of piperazine rings is 1. The van der Waals surface area contributed by atoms with E-state index in [2.05, 4.69) is 84.3 Å².